The molecule has 3 aliphatic rings. The number of aryl methyl sites for hydroxylation is 1. The molecule has 1 amide bonds. The molecule has 3 heterocycles. The molecule has 1 atom stereocenters. The van der Waals surface area contributed by atoms with Gasteiger partial charge in [0.25, 0.3) is 0 Å². The standard InChI is InChI=1S/C16H21N3O/c20-15-7-6-13-11-18(9-10-19(13)15)14-5-1-3-12-4-2-8-17-16(12)14/h1,3,5,13,17H,2,4,6-11H2. The number of nitrogens with zero attached hydrogens (tertiary/aromatic N) is 2. The summed E-state index contributed by atoms with van der Waals surface area (Å²) in [6.07, 6.45) is 4.17. The highest BCUT2D eigenvalue weighted by Crippen LogP contribution is 2.35. The molecule has 0 aliphatic carbocycles. The summed E-state index contributed by atoms with van der Waals surface area (Å²) in [5.74, 6) is 0.350. The Balaban J connectivity index is 1.61. The third kappa shape index (κ3) is 1.86. The van der Waals surface area contributed by atoms with Crippen molar-refractivity contribution < 1.29 is 4.79 Å². The average molecular weight is 271 g/mol. The summed E-state index contributed by atoms with van der Waals surface area (Å²) in [6, 6.07) is 7.06. The van der Waals surface area contributed by atoms with E-state index in [1.54, 1.807) is 0 Å². The summed E-state index contributed by atoms with van der Waals surface area (Å²) in [7, 11) is 0. The molecule has 2 saturated heterocycles. The Morgan fingerprint density at radius 2 is 2.15 bits per heavy atom. The number of nitrogens with one attached hydrogen (secondary N) is 1. The second kappa shape index (κ2) is 4.69. The van der Waals surface area contributed by atoms with E-state index in [4.69, 9.17) is 0 Å². The number of fused-ring (bicyclic) bond motifs is 2. The van der Waals surface area contributed by atoms with E-state index in [9.17, 15) is 4.79 Å². The van der Waals surface area contributed by atoms with Crippen molar-refractivity contribution in [1.29, 1.82) is 0 Å². The summed E-state index contributed by atoms with van der Waals surface area (Å²) in [6.45, 7) is 3.91. The zero-order valence-electron chi connectivity index (χ0n) is 11.8. The SMILES string of the molecule is O=C1CCC2CN(c3cccc4c3NCCC4)CCN12. The second-order valence-electron chi connectivity index (χ2n) is 6.07. The van der Waals surface area contributed by atoms with Gasteiger partial charge in [0.1, 0.15) is 0 Å². The monoisotopic (exact) mass is 271 g/mol. The van der Waals surface area contributed by atoms with E-state index in [1.807, 2.05) is 0 Å². The van der Waals surface area contributed by atoms with Crippen LogP contribution < -0.4 is 10.2 Å². The maximum absolute atomic E-state index is 11.8. The van der Waals surface area contributed by atoms with Crippen molar-refractivity contribution in [3.05, 3.63) is 23.8 Å². The number of rotatable bonds is 1. The van der Waals surface area contributed by atoms with Crippen LogP contribution in [-0.4, -0.2) is 43.0 Å². The van der Waals surface area contributed by atoms with Gasteiger partial charge in [0, 0.05) is 38.6 Å². The van der Waals surface area contributed by atoms with Crippen molar-refractivity contribution in [2.75, 3.05) is 36.4 Å². The first-order valence-electron chi connectivity index (χ1n) is 7.73. The van der Waals surface area contributed by atoms with Crippen LogP contribution in [-0.2, 0) is 11.2 Å². The fourth-order valence-corrected chi connectivity index (χ4v) is 3.84. The minimum absolute atomic E-state index is 0.350. The smallest absolute Gasteiger partial charge is 0.223 e. The van der Waals surface area contributed by atoms with E-state index >= 15 is 0 Å². The number of hydrogen-bond donors (Lipinski definition) is 1. The van der Waals surface area contributed by atoms with Crippen LogP contribution in [0.2, 0.25) is 0 Å². The minimum atomic E-state index is 0.350. The molecule has 2 fully saturated rings. The molecule has 3 aliphatic heterocycles. The molecule has 0 bridgehead atoms. The number of piperazine rings is 1. The van der Waals surface area contributed by atoms with Crippen molar-refractivity contribution in [3.8, 4) is 0 Å². The van der Waals surface area contributed by atoms with Crippen molar-refractivity contribution in [2.45, 2.75) is 31.7 Å². The maximum Gasteiger partial charge on any atom is 0.223 e. The topological polar surface area (TPSA) is 35.6 Å². The zero-order valence-corrected chi connectivity index (χ0v) is 11.8. The van der Waals surface area contributed by atoms with E-state index in [2.05, 4.69) is 33.3 Å². The number of para-hydroxylation sites is 1. The Morgan fingerprint density at radius 1 is 1.20 bits per heavy atom. The van der Waals surface area contributed by atoms with Crippen LogP contribution in [0.5, 0.6) is 0 Å². The Bertz CT molecular complexity index is 543. The van der Waals surface area contributed by atoms with Crippen LogP contribution >= 0.6 is 0 Å². The van der Waals surface area contributed by atoms with Gasteiger partial charge in [-0.3, -0.25) is 4.79 Å². The first-order chi connectivity index (χ1) is 9.83. The van der Waals surface area contributed by atoms with E-state index in [0.29, 0.717) is 11.9 Å². The number of benzene rings is 1. The molecule has 1 unspecified atom stereocenters. The molecule has 1 aromatic carbocycles. The summed E-state index contributed by atoms with van der Waals surface area (Å²) >= 11 is 0. The largest absolute Gasteiger partial charge is 0.383 e. The molecule has 0 radical (unpaired) electrons. The molecular weight excluding hydrogens is 250 g/mol. The number of amides is 1. The van der Waals surface area contributed by atoms with Gasteiger partial charge in [-0.15, -0.1) is 0 Å². The lowest BCUT2D eigenvalue weighted by Crippen LogP contribution is -2.51. The van der Waals surface area contributed by atoms with Crippen LogP contribution in [0.25, 0.3) is 0 Å². The summed E-state index contributed by atoms with van der Waals surface area (Å²) in [5.41, 5.74) is 4.11. The van der Waals surface area contributed by atoms with Crippen LogP contribution in [0.4, 0.5) is 11.4 Å². The molecule has 4 heteroatoms. The quantitative estimate of drug-likeness (QED) is 0.847. The number of carbonyl (C=O) groups excluding carboxylic acids is 1. The van der Waals surface area contributed by atoms with Gasteiger partial charge in [-0.25, -0.2) is 0 Å². The molecule has 4 nitrogen and oxygen atoms in total. The van der Waals surface area contributed by atoms with E-state index in [1.165, 1.54) is 29.8 Å². The Kier molecular flexibility index (Phi) is 2.83. The third-order valence-corrected chi connectivity index (χ3v) is 4.89. The molecule has 20 heavy (non-hydrogen) atoms. The van der Waals surface area contributed by atoms with E-state index in [0.717, 1.165) is 39.0 Å². The van der Waals surface area contributed by atoms with Gasteiger partial charge in [-0.1, -0.05) is 12.1 Å². The van der Waals surface area contributed by atoms with Crippen molar-refractivity contribution in [1.82, 2.24) is 4.90 Å². The summed E-state index contributed by atoms with van der Waals surface area (Å²) < 4.78 is 0. The van der Waals surface area contributed by atoms with E-state index in [-0.39, 0.29) is 0 Å². The zero-order chi connectivity index (χ0) is 13.5. The van der Waals surface area contributed by atoms with Gasteiger partial charge in [0.15, 0.2) is 0 Å². The highest BCUT2D eigenvalue weighted by atomic mass is 16.2. The van der Waals surface area contributed by atoms with Crippen molar-refractivity contribution >= 4 is 17.3 Å². The third-order valence-electron chi connectivity index (χ3n) is 4.89. The lowest BCUT2D eigenvalue weighted by molar-refractivity contribution is -0.129. The van der Waals surface area contributed by atoms with Crippen molar-refractivity contribution in [2.24, 2.45) is 0 Å². The number of carbonyl (C=O) groups is 1. The average Bonchev–Trinajstić information content (AvgIpc) is 2.87. The lowest BCUT2D eigenvalue weighted by Gasteiger charge is -2.40. The molecule has 1 N–H and O–H groups in total. The maximum atomic E-state index is 11.8. The highest BCUT2D eigenvalue weighted by molar-refractivity contribution is 5.80. The highest BCUT2D eigenvalue weighted by Gasteiger charge is 2.36. The van der Waals surface area contributed by atoms with Crippen molar-refractivity contribution in [3.63, 3.8) is 0 Å². The van der Waals surface area contributed by atoms with Crippen LogP contribution in [0, 0.1) is 0 Å². The Labute approximate surface area is 119 Å². The van der Waals surface area contributed by atoms with E-state index < -0.39 is 0 Å². The molecular formula is C16H21N3O. The molecule has 0 spiro atoms. The predicted molar refractivity (Wildman–Crippen MR) is 80.2 cm³/mol. The van der Waals surface area contributed by atoms with Gasteiger partial charge in [-0.05, 0) is 30.9 Å². The van der Waals surface area contributed by atoms with Crippen LogP contribution in [0.3, 0.4) is 0 Å². The fourth-order valence-electron chi connectivity index (χ4n) is 3.84. The minimum Gasteiger partial charge on any atom is -0.383 e. The van der Waals surface area contributed by atoms with Gasteiger partial charge in [-0.2, -0.15) is 0 Å². The lowest BCUT2D eigenvalue weighted by atomic mass is 10.0. The Hall–Kier alpha value is -1.71. The molecule has 0 aromatic heterocycles. The second-order valence-corrected chi connectivity index (χ2v) is 6.07. The first kappa shape index (κ1) is 12.1. The number of hydrogen-bond acceptors (Lipinski definition) is 3. The normalized spacial score (nSPS) is 25.2. The first-order valence-corrected chi connectivity index (χ1v) is 7.73. The van der Waals surface area contributed by atoms with Crippen LogP contribution in [0.1, 0.15) is 24.8 Å². The number of anilines is 2. The fraction of sp³-hybridized carbons (Fsp3) is 0.562. The van der Waals surface area contributed by atoms with Gasteiger partial charge in [0.05, 0.1) is 11.4 Å². The van der Waals surface area contributed by atoms with Gasteiger partial charge in [0.2, 0.25) is 5.91 Å². The summed E-state index contributed by atoms with van der Waals surface area (Å²) in [5, 5.41) is 3.57. The molecule has 106 valence electrons. The Morgan fingerprint density at radius 3 is 3.10 bits per heavy atom. The molecule has 4 rings (SSSR count). The van der Waals surface area contributed by atoms with Crippen LogP contribution in [0.15, 0.2) is 18.2 Å². The molecule has 1 aromatic rings. The molecule has 0 saturated carbocycles. The predicted octanol–water partition coefficient (Wildman–Crippen LogP) is 1.86. The van der Waals surface area contributed by atoms with Gasteiger partial charge < -0.3 is 15.1 Å². The summed E-state index contributed by atoms with van der Waals surface area (Å²) in [4.78, 5) is 16.3. The van der Waals surface area contributed by atoms with Gasteiger partial charge >= 0.3 is 0 Å².